The predicted octanol–water partition coefficient (Wildman–Crippen LogP) is 0.942. The van der Waals surface area contributed by atoms with E-state index < -0.39 is 20.6 Å². The summed E-state index contributed by atoms with van der Waals surface area (Å²) in [6, 6.07) is 3.36. The summed E-state index contributed by atoms with van der Waals surface area (Å²) in [5.74, 6) is 0.0266. The van der Waals surface area contributed by atoms with Crippen LogP contribution in [0.5, 0.6) is 5.75 Å². The molecule has 1 aliphatic carbocycles. The van der Waals surface area contributed by atoms with Crippen LogP contribution in [0.2, 0.25) is 0 Å². The second kappa shape index (κ2) is 4.65. The Kier molecular flexibility index (Phi) is 3.15. The van der Waals surface area contributed by atoms with Crippen molar-refractivity contribution in [2.75, 3.05) is 6.61 Å². The van der Waals surface area contributed by atoms with Gasteiger partial charge in [-0.1, -0.05) is 0 Å². The lowest BCUT2D eigenvalue weighted by Crippen LogP contribution is -2.18. The van der Waals surface area contributed by atoms with Gasteiger partial charge in [0.1, 0.15) is 6.10 Å². The molecule has 1 unspecified atom stereocenters. The summed E-state index contributed by atoms with van der Waals surface area (Å²) < 4.78 is 33.7. The van der Waals surface area contributed by atoms with Crippen LogP contribution in [-0.4, -0.2) is 31.7 Å². The van der Waals surface area contributed by atoms with Crippen LogP contribution in [0.3, 0.4) is 0 Å². The molecule has 0 aromatic heterocycles. The van der Waals surface area contributed by atoms with Crippen LogP contribution in [0.15, 0.2) is 23.1 Å². The van der Waals surface area contributed by atoms with Crippen molar-refractivity contribution in [2.45, 2.75) is 35.9 Å². The molecule has 1 atom stereocenters. The third kappa shape index (κ3) is 2.85. The van der Waals surface area contributed by atoms with E-state index >= 15 is 0 Å². The summed E-state index contributed by atoms with van der Waals surface area (Å²) in [6.45, 7) is 0.383. The molecule has 8 nitrogen and oxygen atoms in total. The van der Waals surface area contributed by atoms with Crippen molar-refractivity contribution in [3.8, 4) is 5.75 Å². The van der Waals surface area contributed by atoms with Gasteiger partial charge in [-0.2, -0.15) is 0 Å². The van der Waals surface area contributed by atoms with E-state index in [-0.39, 0.29) is 22.4 Å². The standard InChI is InChI=1S/C12H14N2O6S/c13-21(17,18)9-1-2-11(10(5-9)14(15)16)20-8-6-12(3-4-12)19-7-8/h1-2,5,8H,3-4,6-7H2,(H2,13,17,18). The first-order valence-electron chi connectivity index (χ1n) is 6.41. The summed E-state index contributed by atoms with van der Waals surface area (Å²) in [5, 5.41) is 16.0. The second-order valence-corrected chi connectivity index (χ2v) is 6.93. The topological polar surface area (TPSA) is 122 Å². The van der Waals surface area contributed by atoms with Gasteiger partial charge in [-0.15, -0.1) is 0 Å². The molecular weight excluding hydrogens is 300 g/mol. The van der Waals surface area contributed by atoms with Crippen molar-refractivity contribution in [1.29, 1.82) is 0 Å². The van der Waals surface area contributed by atoms with Crippen LogP contribution in [0.4, 0.5) is 5.69 Å². The molecular formula is C12H14N2O6S. The third-order valence-electron chi connectivity index (χ3n) is 3.73. The molecule has 1 aliphatic heterocycles. The maximum absolute atomic E-state index is 11.3. The first kappa shape index (κ1) is 14.2. The van der Waals surface area contributed by atoms with Crippen molar-refractivity contribution in [3.63, 3.8) is 0 Å². The largest absolute Gasteiger partial charge is 0.481 e. The van der Waals surface area contributed by atoms with Crippen molar-refractivity contribution < 1.29 is 22.8 Å². The molecule has 1 saturated carbocycles. The van der Waals surface area contributed by atoms with E-state index in [0.29, 0.717) is 13.0 Å². The van der Waals surface area contributed by atoms with Gasteiger partial charge >= 0.3 is 5.69 Å². The number of nitrogens with two attached hydrogens (primary N) is 1. The summed E-state index contributed by atoms with van der Waals surface area (Å²) in [6.07, 6.45) is 2.41. The molecule has 1 aromatic carbocycles. The molecule has 9 heteroatoms. The van der Waals surface area contributed by atoms with Crippen molar-refractivity contribution >= 4 is 15.7 Å². The van der Waals surface area contributed by atoms with Gasteiger partial charge in [0, 0.05) is 12.5 Å². The summed E-state index contributed by atoms with van der Waals surface area (Å²) >= 11 is 0. The summed E-state index contributed by atoms with van der Waals surface area (Å²) in [4.78, 5) is 10.1. The Morgan fingerprint density at radius 3 is 2.67 bits per heavy atom. The molecule has 1 heterocycles. The van der Waals surface area contributed by atoms with Gasteiger partial charge in [-0.05, 0) is 25.0 Å². The highest BCUT2D eigenvalue weighted by Gasteiger charge is 2.51. The third-order valence-corrected chi connectivity index (χ3v) is 4.64. The SMILES string of the molecule is NS(=O)(=O)c1ccc(OC2COC3(CC3)C2)c([N+](=O)[O-])c1. The number of rotatable bonds is 4. The van der Waals surface area contributed by atoms with Crippen molar-refractivity contribution in [3.05, 3.63) is 28.3 Å². The van der Waals surface area contributed by atoms with Crippen LogP contribution in [0.25, 0.3) is 0 Å². The number of hydrogen-bond donors (Lipinski definition) is 1. The van der Waals surface area contributed by atoms with E-state index in [2.05, 4.69) is 0 Å². The van der Waals surface area contributed by atoms with Gasteiger partial charge < -0.3 is 9.47 Å². The lowest BCUT2D eigenvalue weighted by Gasteiger charge is -2.12. The number of nitro groups is 1. The van der Waals surface area contributed by atoms with Crippen LogP contribution in [0.1, 0.15) is 19.3 Å². The number of nitrogens with zero attached hydrogens (tertiary/aromatic N) is 1. The van der Waals surface area contributed by atoms with E-state index in [0.717, 1.165) is 18.9 Å². The molecule has 3 rings (SSSR count). The van der Waals surface area contributed by atoms with Crippen LogP contribution in [0, 0.1) is 10.1 Å². The maximum Gasteiger partial charge on any atom is 0.312 e. The van der Waals surface area contributed by atoms with E-state index in [9.17, 15) is 18.5 Å². The van der Waals surface area contributed by atoms with E-state index in [1.165, 1.54) is 12.1 Å². The fourth-order valence-corrected chi connectivity index (χ4v) is 3.00. The smallest absolute Gasteiger partial charge is 0.312 e. The Morgan fingerprint density at radius 1 is 1.43 bits per heavy atom. The Balaban J connectivity index is 1.86. The molecule has 2 fully saturated rings. The average molecular weight is 314 g/mol. The average Bonchev–Trinajstić information content (AvgIpc) is 3.02. The minimum absolute atomic E-state index is 0.0266. The van der Waals surface area contributed by atoms with Gasteiger partial charge in [0.15, 0.2) is 5.75 Å². The zero-order chi connectivity index (χ0) is 15.3. The number of sulfonamides is 1. The van der Waals surface area contributed by atoms with E-state index in [1.807, 2.05) is 0 Å². The maximum atomic E-state index is 11.3. The normalized spacial score (nSPS) is 23.2. The highest BCUT2D eigenvalue weighted by molar-refractivity contribution is 7.89. The second-order valence-electron chi connectivity index (χ2n) is 5.37. The van der Waals surface area contributed by atoms with E-state index in [1.54, 1.807) is 0 Å². The number of ether oxygens (including phenoxy) is 2. The highest BCUT2D eigenvalue weighted by atomic mass is 32.2. The molecule has 0 amide bonds. The fraction of sp³-hybridized carbons (Fsp3) is 0.500. The Hall–Kier alpha value is -1.71. The first-order valence-corrected chi connectivity index (χ1v) is 7.96. The minimum atomic E-state index is -4.00. The van der Waals surface area contributed by atoms with Gasteiger partial charge in [-0.25, -0.2) is 13.6 Å². The van der Waals surface area contributed by atoms with Gasteiger partial charge in [0.2, 0.25) is 10.0 Å². The number of primary sulfonamides is 1. The molecule has 1 aromatic rings. The molecule has 2 aliphatic rings. The summed E-state index contributed by atoms with van der Waals surface area (Å²) in [7, 11) is -4.00. The van der Waals surface area contributed by atoms with Gasteiger partial charge in [-0.3, -0.25) is 10.1 Å². The zero-order valence-corrected chi connectivity index (χ0v) is 11.8. The molecule has 1 spiro atoms. The molecule has 114 valence electrons. The molecule has 0 radical (unpaired) electrons. The minimum Gasteiger partial charge on any atom is -0.481 e. The highest BCUT2D eigenvalue weighted by Crippen LogP contribution is 2.48. The molecule has 0 bridgehead atoms. The number of hydrogen-bond acceptors (Lipinski definition) is 6. The lowest BCUT2D eigenvalue weighted by molar-refractivity contribution is -0.386. The molecule has 2 N–H and O–H groups in total. The van der Waals surface area contributed by atoms with Crippen LogP contribution < -0.4 is 9.88 Å². The molecule has 21 heavy (non-hydrogen) atoms. The van der Waals surface area contributed by atoms with Gasteiger partial charge in [0.25, 0.3) is 0 Å². The van der Waals surface area contributed by atoms with Crippen molar-refractivity contribution in [2.24, 2.45) is 5.14 Å². The molecule has 1 saturated heterocycles. The predicted molar refractivity (Wildman–Crippen MR) is 71.4 cm³/mol. The Morgan fingerprint density at radius 2 is 2.14 bits per heavy atom. The fourth-order valence-electron chi connectivity index (χ4n) is 2.46. The Bertz CT molecular complexity index is 698. The van der Waals surface area contributed by atoms with Crippen LogP contribution in [-0.2, 0) is 14.8 Å². The van der Waals surface area contributed by atoms with Crippen molar-refractivity contribution in [1.82, 2.24) is 0 Å². The quantitative estimate of drug-likeness (QED) is 0.652. The number of nitro benzene ring substituents is 1. The number of benzene rings is 1. The van der Waals surface area contributed by atoms with E-state index in [4.69, 9.17) is 14.6 Å². The zero-order valence-electron chi connectivity index (χ0n) is 11.0. The lowest BCUT2D eigenvalue weighted by atomic mass is 10.2. The van der Waals surface area contributed by atoms with Crippen LogP contribution >= 0.6 is 0 Å². The van der Waals surface area contributed by atoms with Gasteiger partial charge in [0.05, 0.1) is 22.0 Å². The summed E-state index contributed by atoms with van der Waals surface area (Å²) in [5.41, 5.74) is -0.516. The monoisotopic (exact) mass is 314 g/mol. The first-order chi connectivity index (χ1) is 9.79. The Labute approximate surface area is 121 Å².